The Balaban J connectivity index is 0.000000189. The first-order valence-corrected chi connectivity index (χ1v) is 7.55. The summed E-state index contributed by atoms with van der Waals surface area (Å²) in [6.07, 6.45) is 9.73. The predicted molar refractivity (Wildman–Crippen MR) is 93.1 cm³/mol. The molecule has 0 aliphatic heterocycles. The summed E-state index contributed by atoms with van der Waals surface area (Å²) in [7, 11) is 3.60. The molecule has 6 nitrogen and oxygen atoms in total. The fourth-order valence-electron chi connectivity index (χ4n) is 1.84. The number of halogens is 2. The van der Waals surface area contributed by atoms with Crippen LogP contribution in [0.4, 0.5) is 8.78 Å². The molecule has 0 aromatic carbocycles. The highest BCUT2D eigenvalue weighted by Crippen LogP contribution is 2.14. The second-order valence-corrected chi connectivity index (χ2v) is 5.40. The normalized spacial score (nSPS) is 10.3. The molecular formula is C18H17F2N5O. The smallest absolute Gasteiger partial charge is 0.188 e. The van der Waals surface area contributed by atoms with E-state index >= 15 is 0 Å². The van der Waals surface area contributed by atoms with Crippen molar-refractivity contribution in [2.75, 3.05) is 14.1 Å². The zero-order valence-corrected chi connectivity index (χ0v) is 14.2. The van der Waals surface area contributed by atoms with E-state index in [1.807, 2.05) is 0 Å². The molecular weight excluding hydrogens is 340 g/mol. The third kappa shape index (κ3) is 5.90. The number of aromatic amines is 1. The lowest BCUT2D eigenvalue weighted by atomic mass is 10.2. The van der Waals surface area contributed by atoms with Gasteiger partial charge >= 0.3 is 0 Å². The molecule has 3 aromatic rings. The van der Waals surface area contributed by atoms with Gasteiger partial charge in [0.2, 0.25) is 0 Å². The number of pyridine rings is 2. The summed E-state index contributed by atoms with van der Waals surface area (Å²) in [4.78, 5) is 20.4. The number of aromatic nitrogens is 4. The highest BCUT2D eigenvalue weighted by molar-refractivity contribution is 6.04. The Kier molecular flexibility index (Phi) is 6.67. The molecule has 0 amide bonds. The maximum atomic E-state index is 12.7. The van der Waals surface area contributed by atoms with Crippen LogP contribution in [-0.2, 0) is 0 Å². The van der Waals surface area contributed by atoms with Crippen molar-refractivity contribution in [1.29, 1.82) is 0 Å². The number of rotatable bonds is 4. The summed E-state index contributed by atoms with van der Waals surface area (Å²) in [5, 5.41) is 6.48. The summed E-state index contributed by atoms with van der Waals surface area (Å²) in [6, 6.07) is 4.33. The van der Waals surface area contributed by atoms with E-state index in [2.05, 4.69) is 20.2 Å². The average molecular weight is 357 g/mol. The molecule has 0 unspecified atom stereocenters. The molecule has 0 aliphatic rings. The van der Waals surface area contributed by atoms with E-state index in [0.29, 0.717) is 5.56 Å². The number of carbonyl (C=O) groups excluding carboxylic acids is 1. The number of ketones is 1. The molecule has 134 valence electrons. The minimum absolute atomic E-state index is 0.253. The molecule has 0 fully saturated rings. The maximum Gasteiger partial charge on any atom is 0.188 e. The van der Waals surface area contributed by atoms with E-state index in [4.69, 9.17) is 0 Å². The van der Waals surface area contributed by atoms with E-state index in [1.54, 1.807) is 43.7 Å². The topological polar surface area (TPSA) is 74.8 Å². The van der Waals surface area contributed by atoms with Gasteiger partial charge in [-0.1, -0.05) is 0 Å². The molecule has 0 spiro atoms. The van der Waals surface area contributed by atoms with Crippen molar-refractivity contribution < 1.29 is 13.6 Å². The monoisotopic (exact) mass is 357 g/mol. The van der Waals surface area contributed by atoms with Crippen LogP contribution in [0.15, 0.2) is 61.5 Å². The highest BCUT2D eigenvalue weighted by atomic mass is 19.1. The highest BCUT2D eigenvalue weighted by Gasteiger charge is 2.03. The van der Waals surface area contributed by atoms with Crippen molar-refractivity contribution in [3.05, 3.63) is 78.7 Å². The Morgan fingerprint density at radius 3 is 2.35 bits per heavy atom. The quantitative estimate of drug-likeness (QED) is 0.574. The van der Waals surface area contributed by atoms with Gasteiger partial charge in [0, 0.05) is 56.1 Å². The Labute approximate surface area is 149 Å². The average Bonchev–Trinajstić information content (AvgIpc) is 3.15. The number of hydrogen-bond donors (Lipinski definition) is 1. The van der Waals surface area contributed by atoms with Gasteiger partial charge in [0.25, 0.3) is 0 Å². The summed E-state index contributed by atoms with van der Waals surface area (Å²) in [5.74, 6) is -1.11. The van der Waals surface area contributed by atoms with Gasteiger partial charge in [-0.25, -0.2) is 8.78 Å². The van der Waals surface area contributed by atoms with E-state index in [9.17, 15) is 13.6 Å². The second-order valence-electron chi connectivity index (χ2n) is 5.40. The zero-order valence-electron chi connectivity index (χ0n) is 14.2. The summed E-state index contributed by atoms with van der Waals surface area (Å²) < 4.78 is 25.3. The van der Waals surface area contributed by atoms with Crippen molar-refractivity contribution >= 4 is 5.78 Å². The molecule has 0 radical (unpaired) electrons. The van der Waals surface area contributed by atoms with Crippen molar-refractivity contribution in [2.45, 2.75) is 0 Å². The van der Waals surface area contributed by atoms with Gasteiger partial charge in [0.1, 0.15) is 11.6 Å². The van der Waals surface area contributed by atoms with Crippen molar-refractivity contribution in [2.24, 2.45) is 0 Å². The largest absolute Gasteiger partial charge is 0.383 e. The second kappa shape index (κ2) is 9.16. The molecule has 3 heterocycles. The number of carbonyl (C=O) groups is 1. The van der Waals surface area contributed by atoms with Gasteiger partial charge in [-0.3, -0.25) is 19.9 Å². The number of nitrogens with zero attached hydrogens (tertiary/aromatic N) is 4. The Hall–Kier alpha value is -3.42. The first-order valence-electron chi connectivity index (χ1n) is 7.55. The molecule has 3 aromatic heterocycles. The molecule has 0 aliphatic carbocycles. The predicted octanol–water partition coefficient (Wildman–Crippen LogP) is 3.09. The van der Waals surface area contributed by atoms with Crippen LogP contribution in [0, 0.1) is 11.6 Å². The van der Waals surface area contributed by atoms with E-state index < -0.39 is 5.82 Å². The zero-order chi connectivity index (χ0) is 18.9. The minimum atomic E-state index is -0.505. The molecule has 0 saturated carbocycles. The first kappa shape index (κ1) is 18.9. The van der Waals surface area contributed by atoms with Crippen LogP contribution in [-0.4, -0.2) is 44.9 Å². The summed E-state index contributed by atoms with van der Waals surface area (Å²) in [5.41, 5.74) is 1.72. The number of H-pyrrole nitrogens is 1. The molecule has 1 N–H and O–H groups in total. The van der Waals surface area contributed by atoms with Crippen LogP contribution in [0.3, 0.4) is 0 Å². The lowest BCUT2D eigenvalue weighted by molar-refractivity contribution is 0.104. The fraction of sp³-hybridized carbons (Fsp3) is 0.111. The Morgan fingerprint density at radius 1 is 1.08 bits per heavy atom. The van der Waals surface area contributed by atoms with Crippen LogP contribution in [0.25, 0.3) is 11.3 Å². The lowest BCUT2D eigenvalue weighted by Gasteiger charge is -2.02. The number of hydrogen-bond acceptors (Lipinski definition) is 5. The van der Waals surface area contributed by atoms with Crippen molar-refractivity contribution in [3.8, 4) is 11.3 Å². The van der Waals surface area contributed by atoms with Crippen LogP contribution >= 0.6 is 0 Å². The molecule has 0 atom stereocenters. The maximum absolute atomic E-state index is 12.7. The van der Waals surface area contributed by atoms with Crippen LogP contribution < -0.4 is 0 Å². The molecule has 0 saturated heterocycles. The van der Waals surface area contributed by atoms with Crippen LogP contribution in [0.2, 0.25) is 0 Å². The number of nitrogens with one attached hydrogen (secondary N) is 1. The third-order valence-electron chi connectivity index (χ3n) is 3.03. The fourth-order valence-corrected chi connectivity index (χ4v) is 1.84. The Bertz CT molecular complexity index is 879. The third-order valence-corrected chi connectivity index (χ3v) is 3.03. The standard InChI is InChI=1S/C10H11FN2O.C8H6FN3/c1-13(2)4-3-10(14)8-5-9(11)7-12-6-8;9-7-3-6(4-10-5-7)8-1-2-11-12-8/h3-7H,1-2H3;1-5H,(H,11,12). The molecule has 26 heavy (non-hydrogen) atoms. The van der Waals surface area contributed by atoms with Crippen molar-refractivity contribution in [3.63, 3.8) is 0 Å². The van der Waals surface area contributed by atoms with E-state index in [0.717, 1.165) is 18.0 Å². The van der Waals surface area contributed by atoms with Gasteiger partial charge in [0.15, 0.2) is 5.78 Å². The van der Waals surface area contributed by atoms with Gasteiger partial charge in [0.05, 0.1) is 18.1 Å². The molecule has 8 heteroatoms. The van der Waals surface area contributed by atoms with E-state index in [-0.39, 0.29) is 17.2 Å². The lowest BCUT2D eigenvalue weighted by Crippen LogP contribution is -2.03. The number of allylic oxidation sites excluding steroid dienone is 1. The molecule has 3 rings (SSSR count). The summed E-state index contributed by atoms with van der Waals surface area (Å²) >= 11 is 0. The SMILES string of the molecule is CN(C)C=CC(=O)c1cncc(F)c1.Fc1cncc(-c2ccn[nH]2)c1. The van der Waals surface area contributed by atoms with E-state index in [1.165, 1.54) is 24.5 Å². The van der Waals surface area contributed by atoms with Gasteiger partial charge in [-0.2, -0.15) is 5.10 Å². The van der Waals surface area contributed by atoms with Crippen LogP contribution in [0.1, 0.15) is 10.4 Å². The Morgan fingerprint density at radius 2 is 1.77 bits per heavy atom. The molecule has 0 bridgehead atoms. The van der Waals surface area contributed by atoms with Gasteiger partial charge in [-0.05, 0) is 18.2 Å². The van der Waals surface area contributed by atoms with Crippen LogP contribution in [0.5, 0.6) is 0 Å². The minimum Gasteiger partial charge on any atom is -0.383 e. The first-order chi connectivity index (χ1) is 12.5. The van der Waals surface area contributed by atoms with Crippen molar-refractivity contribution in [1.82, 2.24) is 25.1 Å². The van der Waals surface area contributed by atoms with Gasteiger partial charge < -0.3 is 4.90 Å². The van der Waals surface area contributed by atoms with Gasteiger partial charge in [-0.15, -0.1) is 0 Å². The summed E-state index contributed by atoms with van der Waals surface area (Å²) in [6.45, 7) is 0.